The zero-order valence-corrected chi connectivity index (χ0v) is 15.2. The van der Waals surface area contributed by atoms with Crippen LogP contribution in [0.15, 0.2) is 24.5 Å². The lowest BCUT2D eigenvalue weighted by Gasteiger charge is -2.32. The fraction of sp³-hybridized carbons (Fsp3) is 0.389. The highest BCUT2D eigenvalue weighted by molar-refractivity contribution is 5.82. The topological polar surface area (TPSA) is 66.5 Å². The fourth-order valence-electron chi connectivity index (χ4n) is 2.93. The zero-order chi connectivity index (χ0) is 20.0. The normalized spacial score (nSPS) is 13.8. The number of H-pyrrole nitrogens is 1. The van der Waals surface area contributed by atoms with Crippen molar-refractivity contribution in [3.8, 4) is 0 Å². The van der Waals surface area contributed by atoms with Gasteiger partial charge in [-0.05, 0) is 30.0 Å². The maximum Gasteiger partial charge on any atom is 0.419 e. The second-order valence-corrected chi connectivity index (χ2v) is 7.40. The van der Waals surface area contributed by atoms with Crippen LogP contribution in [0.2, 0.25) is 0 Å². The van der Waals surface area contributed by atoms with E-state index in [0.29, 0.717) is 28.4 Å². The Morgan fingerprint density at radius 3 is 2.41 bits per heavy atom. The maximum atomic E-state index is 14.1. The van der Waals surface area contributed by atoms with Gasteiger partial charge in [0, 0.05) is 0 Å². The van der Waals surface area contributed by atoms with E-state index >= 15 is 0 Å². The standard InChI is InChI=1S/C18H19F4N5/c1-9-25-15-13(23-8-24-15)16(26-9)27-14(17(2,3)4)10-5-6-11(12(19)7-10)18(20,21)22/h5-8,14H,1-4H3,(H2,23,24,25,26,27). The number of anilines is 1. The van der Waals surface area contributed by atoms with Gasteiger partial charge in [0.15, 0.2) is 11.5 Å². The fourth-order valence-corrected chi connectivity index (χ4v) is 2.93. The Morgan fingerprint density at radius 1 is 1.11 bits per heavy atom. The van der Waals surface area contributed by atoms with E-state index in [2.05, 4.69) is 25.3 Å². The lowest BCUT2D eigenvalue weighted by molar-refractivity contribution is -0.140. The van der Waals surface area contributed by atoms with Crippen LogP contribution in [0.1, 0.15) is 43.8 Å². The molecule has 0 spiro atoms. The van der Waals surface area contributed by atoms with Crippen LogP contribution >= 0.6 is 0 Å². The molecule has 144 valence electrons. The number of aryl methyl sites for hydroxylation is 1. The van der Waals surface area contributed by atoms with Gasteiger partial charge in [0.2, 0.25) is 0 Å². The van der Waals surface area contributed by atoms with Crippen molar-refractivity contribution in [2.75, 3.05) is 5.32 Å². The molecule has 0 aliphatic carbocycles. The largest absolute Gasteiger partial charge is 0.419 e. The molecule has 2 heterocycles. The molecule has 1 atom stereocenters. The first kappa shape index (κ1) is 19.1. The van der Waals surface area contributed by atoms with Crippen molar-refractivity contribution in [2.24, 2.45) is 5.41 Å². The number of nitrogens with zero attached hydrogens (tertiary/aromatic N) is 3. The first-order valence-electron chi connectivity index (χ1n) is 8.27. The molecule has 0 saturated heterocycles. The quantitative estimate of drug-likeness (QED) is 0.626. The molecule has 2 aromatic heterocycles. The first-order chi connectivity index (χ1) is 12.5. The van der Waals surface area contributed by atoms with E-state index in [0.717, 1.165) is 12.1 Å². The summed E-state index contributed by atoms with van der Waals surface area (Å²) in [6.45, 7) is 7.41. The van der Waals surface area contributed by atoms with Gasteiger partial charge in [-0.3, -0.25) is 0 Å². The molecule has 0 amide bonds. The van der Waals surface area contributed by atoms with Gasteiger partial charge >= 0.3 is 6.18 Å². The van der Waals surface area contributed by atoms with E-state index in [1.54, 1.807) is 6.92 Å². The molecule has 3 aromatic rings. The van der Waals surface area contributed by atoms with Gasteiger partial charge in [0.1, 0.15) is 17.2 Å². The number of benzene rings is 1. The van der Waals surface area contributed by atoms with Crippen LogP contribution in [0.4, 0.5) is 23.4 Å². The number of halogens is 4. The Labute approximate surface area is 153 Å². The molecule has 5 nitrogen and oxygen atoms in total. The number of nitrogens with one attached hydrogen (secondary N) is 2. The average Bonchev–Trinajstić information content (AvgIpc) is 2.98. The number of aromatic nitrogens is 4. The van der Waals surface area contributed by atoms with Crippen LogP contribution in [-0.4, -0.2) is 19.9 Å². The Bertz CT molecular complexity index is 972. The van der Waals surface area contributed by atoms with Crippen molar-refractivity contribution >= 4 is 17.0 Å². The lowest BCUT2D eigenvalue weighted by Crippen LogP contribution is -2.27. The van der Waals surface area contributed by atoms with Gasteiger partial charge in [0.25, 0.3) is 0 Å². The summed E-state index contributed by atoms with van der Waals surface area (Å²) in [4.78, 5) is 15.7. The van der Waals surface area contributed by atoms with Crippen LogP contribution in [0.25, 0.3) is 11.2 Å². The third kappa shape index (κ3) is 3.86. The van der Waals surface area contributed by atoms with Crippen LogP contribution in [-0.2, 0) is 6.18 Å². The van der Waals surface area contributed by atoms with Gasteiger partial charge in [-0.1, -0.05) is 26.8 Å². The molecule has 0 radical (unpaired) electrons. The van der Waals surface area contributed by atoms with Gasteiger partial charge in [0.05, 0.1) is 17.9 Å². The minimum absolute atomic E-state index is 0.382. The summed E-state index contributed by atoms with van der Waals surface area (Å²) in [5.74, 6) is -0.376. The van der Waals surface area contributed by atoms with E-state index in [4.69, 9.17) is 0 Å². The first-order valence-corrected chi connectivity index (χ1v) is 8.27. The number of fused-ring (bicyclic) bond motifs is 1. The van der Waals surface area contributed by atoms with Crippen molar-refractivity contribution in [1.29, 1.82) is 0 Å². The monoisotopic (exact) mass is 381 g/mol. The van der Waals surface area contributed by atoms with Gasteiger partial charge in [-0.25, -0.2) is 19.3 Å². The second-order valence-electron chi connectivity index (χ2n) is 7.40. The lowest BCUT2D eigenvalue weighted by atomic mass is 9.82. The zero-order valence-electron chi connectivity index (χ0n) is 15.2. The summed E-state index contributed by atoms with van der Waals surface area (Å²) >= 11 is 0. The number of imidazole rings is 1. The van der Waals surface area contributed by atoms with Crippen LogP contribution in [0.5, 0.6) is 0 Å². The minimum Gasteiger partial charge on any atom is -0.361 e. The Balaban J connectivity index is 2.05. The molecular formula is C18H19F4N5. The molecule has 1 unspecified atom stereocenters. The Morgan fingerprint density at radius 2 is 1.81 bits per heavy atom. The van der Waals surface area contributed by atoms with E-state index < -0.39 is 29.0 Å². The summed E-state index contributed by atoms with van der Waals surface area (Å²) in [5.41, 5.74) is -0.314. The van der Waals surface area contributed by atoms with E-state index in [9.17, 15) is 17.6 Å². The van der Waals surface area contributed by atoms with Gasteiger partial charge in [-0.15, -0.1) is 0 Å². The number of hydrogen-bond acceptors (Lipinski definition) is 4. The highest BCUT2D eigenvalue weighted by Crippen LogP contribution is 2.39. The molecule has 3 rings (SSSR count). The van der Waals surface area contributed by atoms with Gasteiger partial charge in [-0.2, -0.15) is 13.2 Å². The summed E-state index contributed by atoms with van der Waals surface area (Å²) < 4.78 is 52.7. The molecule has 0 saturated carbocycles. The molecule has 0 aliphatic heterocycles. The van der Waals surface area contributed by atoms with Crippen molar-refractivity contribution in [2.45, 2.75) is 39.9 Å². The van der Waals surface area contributed by atoms with Crippen molar-refractivity contribution in [3.63, 3.8) is 0 Å². The smallest absolute Gasteiger partial charge is 0.361 e. The number of hydrogen-bond donors (Lipinski definition) is 2. The molecule has 0 aliphatic rings. The highest BCUT2D eigenvalue weighted by atomic mass is 19.4. The molecule has 0 bridgehead atoms. The average molecular weight is 381 g/mol. The van der Waals surface area contributed by atoms with Crippen molar-refractivity contribution in [1.82, 2.24) is 19.9 Å². The van der Waals surface area contributed by atoms with E-state index in [1.165, 1.54) is 12.4 Å². The third-order valence-corrected chi connectivity index (χ3v) is 4.17. The van der Waals surface area contributed by atoms with Crippen LogP contribution in [0, 0.1) is 18.2 Å². The number of aromatic amines is 1. The highest BCUT2D eigenvalue weighted by Gasteiger charge is 2.35. The number of rotatable bonds is 3. The summed E-state index contributed by atoms with van der Waals surface area (Å²) in [5, 5.41) is 3.21. The summed E-state index contributed by atoms with van der Waals surface area (Å²) in [6, 6.07) is 2.45. The molecule has 9 heteroatoms. The third-order valence-electron chi connectivity index (χ3n) is 4.17. The summed E-state index contributed by atoms with van der Waals surface area (Å²) in [6.07, 6.45) is -3.26. The van der Waals surface area contributed by atoms with Crippen molar-refractivity contribution in [3.05, 3.63) is 47.3 Å². The molecule has 2 N–H and O–H groups in total. The second kappa shape index (κ2) is 6.47. The van der Waals surface area contributed by atoms with E-state index in [1.807, 2.05) is 20.8 Å². The van der Waals surface area contributed by atoms with Crippen LogP contribution in [0.3, 0.4) is 0 Å². The van der Waals surface area contributed by atoms with E-state index in [-0.39, 0.29) is 0 Å². The minimum atomic E-state index is -4.74. The predicted octanol–water partition coefficient (Wildman–Crippen LogP) is 5.02. The molecular weight excluding hydrogens is 362 g/mol. The Hall–Kier alpha value is -2.71. The number of alkyl halides is 3. The summed E-state index contributed by atoms with van der Waals surface area (Å²) in [7, 11) is 0. The van der Waals surface area contributed by atoms with Crippen molar-refractivity contribution < 1.29 is 17.6 Å². The Kier molecular flexibility index (Phi) is 4.57. The maximum absolute atomic E-state index is 14.1. The molecule has 27 heavy (non-hydrogen) atoms. The molecule has 1 aromatic carbocycles. The molecule has 0 fully saturated rings. The predicted molar refractivity (Wildman–Crippen MR) is 93.6 cm³/mol. The van der Waals surface area contributed by atoms with Crippen LogP contribution < -0.4 is 5.32 Å². The SMILES string of the molecule is Cc1nc(NC(c2ccc(C(F)(F)F)c(F)c2)C(C)(C)C)c2nc[nH]c2n1. The van der Waals surface area contributed by atoms with Gasteiger partial charge < -0.3 is 10.3 Å².